The van der Waals surface area contributed by atoms with Crippen LogP contribution in [-0.2, 0) is 5.60 Å². The summed E-state index contributed by atoms with van der Waals surface area (Å²) in [6.07, 6.45) is 0. The van der Waals surface area contributed by atoms with Gasteiger partial charge in [-0.25, -0.2) is 4.68 Å². The van der Waals surface area contributed by atoms with Crippen molar-refractivity contribution >= 4 is 0 Å². The third kappa shape index (κ3) is 1.61. The summed E-state index contributed by atoms with van der Waals surface area (Å²) < 4.78 is 1.61. The van der Waals surface area contributed by atoms with Gasteiger partial charge >= 0.3 is 0 Å². The molecule has 5 nitrogen and oxygen atoms in total. The van der Waals surface area contributed by atoms with Gasteiger partial charge in [-0.05, 0) is 38.1 Å². The van der Waals surface area contributed by atoms with E-state index in [9.17, 15) is 5.11 Å². The Morgan fingerprint density at radius 3 is 2.33 bits per heavy atom. The highest BCUT2D eigenvalue weighted by Gasteiger charge is 2.24. The molecule has 1 rings (SSSR count). The molecule has 1 aromatic rings. The van der Waals surface area contributed by atoms with E-state index in [1.165, 1.54) is 0 Å². The van der Waals surface area contributed by atoms with Crippen LogP contribution in [0.15, 0.2) is 0 Å². The van der Waals surface area contributed by atoms with Crippen molar-refractivity contribution < 1.29 is 5.11 Å². The molecule has 0 aliphatic carbocycles. The summed E-state index contributed by atoms with van der Waals surface area (Å²) in [7, 11) is 0. The predicted octanol–water partition coefficient (Wildman–Crippen LogP) is 0.481. The molecule has 0 bridgehead atoms. The van der Waals surface area contributed by atoms with Gasteiger partial charge in [-0.2, -0.15) is 0 Å². The van der Waals surface area contributed by atoms with Gasteiger partial charge in [0.2, 0.25) is 0 Å². The molecular formula is C7H14N4O. The monoisotopic (exact) mass is 170 g/mol. The first-order valence-electron chi connectivity index (χ1n) is 3.93. The maximum Gasteiger partial charge on any atom is 0.182 e. The van der Waals surface area contributed by atoms with Gasteiger partial charge in [0.15, 0.2) is 5.82 Å². The third-order valence-corrected chi connectivity index (χ3v) is 1.53. The second-order valence-corrected chi connectivity index (χ2v) is 3.60. The van der Waals surface area contributed by atoms with Crippen molar-refractivity contribution in [1.29, 1.82) is 0 Å². The van der Waals surface area contributed by atoms with E-state index < -0.39 is 5.60 Å². The zero-order chi connectivity index (χ0) is 9.35. The molecule has 0 saturated carbocycles. The standard InChI is InChI=1S/C7H14N4O/c1-5(2)11-6(7(3,4)12)8-9-10-11/h5,12H,1-4H3. The van der Waals surface area contributed by atoms with E-state index in [0.717, 1.165) is 0 Å². The van der Waals surface area contributed by atoms with Gasteiger partial charge in [0.1, 0.15) is 5.60 Å². The lowest BCUT2D eigenvalue weighted by atomic mass is 10.1. The van der Waals surface area contributed by atoms with Gasteiger partial charge in [0.25, 0.3) is 0 Å². The summed E-state index contributed by atoms with van der Waals surface area (Å²) in [6, 6.07) is 0.168. The summed E-state index contributed by atoms with van der Waals surface area (Å²) in [5, 5.41) is 20.7. The first-order valence-corrected chi connectivity index (χ1v) is 3.93. The van der Waals surface area contributed by atoms with Gasteiger partial charge in [-0.3, -0.25) is 0 Å². The lowest BCUT2D eigenvalue weighted by Gasteiger charge is -2.17. The summed E-state index contributed by atoms with van der Waals surface area (Å²) in [5.74, 6) is 0.498. The molecule has 1 aromatic heterocycles. The molecule has 0 aliphatic rings. The van der Waals surface area contributed by atoms with Gasteiger partial charge < -0.3 is 5.11 Å². The van der Waals surface area contributed by atoms with Gasteiger partial charge in [-0.1, -0.05) is 0 Å². The van der Waals surface area contributed by atoms with Crippen molar-refractivity contribution in [3.63, 3.8) is 0 Å². The molecule has 0 amide bonds. The fourth-order valence-corrected chi connectivity index (χ4v) is 0.944. The van der Waals surface area contributed by atoms with Crippen molar-refractivity contribution in [2.75, 3.05) is 0 Å². The Kier molecular flexibility index (Phi) is 2.14. The first-order chi connectivity index (χ1) is 5.43. The molecule has 1 N–H and O–H groups in total. The van der Waals surface area contributed by atoms with Crippen LogP contribution in [0, 0.1) is 0 Å². The van der Waals surface area contributed by atoms with E-state index >= 15 is 0 Å². The molecular weight excluding hydrogens is 156 g/mol. The van der Waals surface area contributed by atoms with Crippen molar-refractivity contribution in [2.45, 2.75) is 39.3 Å². The average molecular weight is 170 g/mol. The summed E-state index contributed by atoms with van der Waals surface area (Å²) in [6.45, 7) is 7.26. The molecule has 0 unspecified atom stereocenters. The van der Waals surface area contributed by atoms with Crippen LogP contribution in [-0.4, -0.2) is 25.3 Å². The molecule has 1 heterocycles. The minimum atomic E-state index is -0.978. The molecule has 0 spiro atoms. The zero-order valence-corrected chi connectivity index (χ0v) is 7.81. The molecule has 0 saturated heterocycles. The largest absolute Gasteiger partial charge is 0.382 e. The van der Waals surface area contributed by atoms with Crippen molar-refractivity contribution in [3.8, 4) is 0 Å². The molecule has 0 atom stereocenters. The van der Waals surface area contributed by atoms with Crippen molar-refractivity contribution in [1.82, 2.24) is 20.2 Å². The third-order valence-electron chi connectivity index (χ3n) is 1.53. The van der Waals surface area contributed by atoms with Crippen LogP contribution in [0.25, 0.3) is 0 Å². The molecule has 12 heavy (non-hydrogen) atoms. The van der Waals surface area contributed by atoms with Gasteiger partial charge in [0, 0.05) is 0 Å². The molecule has 5 heteroatoms. The Labute approximate surface area is 71.4 Å². The molecule has 0 radical (unpaired) electrons. The Bertz CT molecular complexity index is 261. The summed E-state index contributed by atoms with van der Waals surface area (Å²) in [5.41, 5.74) is -0.978. The van der Waals surface area contributed by atoms with Crippen LogP contribution < -0.4 is 0 Å². The van der Waals surface area contributed by atoms with Crippen LogP contribution in [0.3, 0.4) is 0 Å². The van der Waals surface area contributed by atoms with Crippen LogP contribution in [0.2, 0.25) is 0 Å². The molecule has 0 aliphatic heterocycles. The van der Waals surface area contributed by atoms with E-state index in [4.69, 9.17) is 0 Å². The fourth-order valence-electron chi connectivity index (χ4n) is 0.944. The minimum absolute atomic E-state index is 0.168. The number of hydrogen-bond donors (Lipinski definition) is 1. The number of aromatic nitrogens is 4. The molecule has 0 aromatic carbocycles. The lowest BCUT2D eigenvalue weighted by molar-refractivity contribution is 0.0619. The molecule has 68 valence electrons. The highest BCUT2D eigenvalue weighted by Crippen LogP contribution is 2.18. The maximum absolute atomic E-state index is 9.64. The Hall–Kier alpha value is -0.970. The average Bonchev–Trinajstić information content (AvgIpc) is 2.30. The zero-order valence-electron chi connectivity index (χ0n) is 7.81. The van der Waals surface area contributed by atoms with Gasteiger partial charge in [-0.15, -0.1) is 5.10 Å². The number of hydrogen-bond acceptors (Lipinski definition) is 4. The second-order valence-electron chi connectivity index (χ2n) is 3.60. The number of tetrazole rings is 1. The highest BCUT2D eigenvalue weighted by atomic mass is 16.3. The van der Waals surface area contributed by atoms with E-state index in [2.05, 4.69) is 15.5 Å². The highest BCUT2D eigenvalue weighted by molar-refractivity contribution is 4.94. The van der Waals surface area contributed by atoms with Crippen LogP contribution in [0.5, 0.6) is 0 Å². The SMILES string of the molecule is CC(C)n1nnnc1C(C)(C)O. The topological polar surface area (TPSA) is 63.8 Å². The van der Waals surface area contributed by atoms with Crippen LogP contribution in [0.1, 0.15) is 39.6 Å². The van der Waals surface area contributed by atoms with Crippen LogP contribution in [0.4, 0.5) is 0 Å². The lowest BCUT2D eigenvalue weighted by Crippen LogP contribution is -2.23. The summed E-state index contributed by atoms with van der Waals surface area (Å²) >= 11 is 0. The fraction of sp³-hybridized carbons (Fsp3) is 0.857. The second kappa shape index (κ2) is 2.82. The van der Waals surface area contributed by atoms with Crippen molar-refractivity contribution in [3.05, 3.63) is 5.82 Å². The van der Waals surface area contributed by atoms with Crippen LogP contribution >= 0.6 is 0 Å². The van der Waals surface area contributed by atoms with E-state index in [-0.39, 0.29) is 6.04 Å². The van der Waals surface area contributed by atoms with E-state index in [0.29, 0.717) is 5.82 Å². The maximum atomic E-state index is 9.64. The first kappa shape index (κ1) is 9.12. The smallest absolute Gasteiger partial charge is 0.182 e. The molecule has 0 fully saturated rings. The minimum Gasteiger partial charge on any atom is -0.382 e. The number of rotatable bonds is 2. The van der Waals surface area contributed by atoms with Gasteiger partial charge in [0.05, 0.1) is 6.04 Å². The Balaban J connectivity index is 3.08. The summed E-state index contributed by atoms with van der Waals surface area (Å²) in [4.78, 5) is 0. The number of nitrogens with zero attached hydrogens (tertiary/aromatic N) is 4. The van der Waals surface area contributed by atoms with E-state index in [1.807, 2.05) is 13.8 Å². The quantitative estimate of drug-likeness (QED) is 0.701. The van der Waals surface area contributed by atoms with Crippen molar-refractivity contribution in [2.24, 2.45) is 0 Å². The number of aliphatic hydroxyl groups is 1. The predicted molar refractivity (Wildman–Crippen MR) is 43.4 cm³/mol. The normalized spacial score (nSPS) is 12.5. The Morgan fingerprint density at radius 2 is 2.00 bits per heavy atom. The Morgan fingerprint density at radius 1 is 1.42 bits per heavy atom. The van der Waals surface area contributed by atoms with E-state index in [1.54, 1.807) is 18.5 Å².